The highest BCUT2D eigenvalue weighted by Gasteiger charge is 2.08. The van der Waals surface area contributed by atoms with Crippen molar-refractivity contribution in [3.8, 4) is 0 Å². The Morgan fingerprint density at radius 2 is 1.89 bits per heavy atom. The number of aromatic nitrogens is 1. The predicted molar refractivity (Wildman–Crippen MR) is 73.0 cm³/mol. The Kier molecular flexibility index (Phi) is 2.80. The highest BCUT2D eigenvalue weighted by atomic mass is 35.5. The number of benzene rings is 2. The Bertz CT molecular complexity index is 685. The predicted octanol–water partition coefficient (Wildman–Crippen LogP) is 4.38. The molecule has 18 heavy (non-hydrogen) atoms. The van der Waals surface area contributed by atoms with Crippen molar-refractivity contribution in [2.24, 2.45) is 0 Å². The van der Waals surface area contributed by atoms with E-state index in [1.165, 1.54) is 0 Å². The Balaban J connectivity index is 1.95. The second-order valence-electron chi connectivity index (χ2n) is 4.33. The Hall–Kier alpha value is -1.80. The van der Waals surface area contributed by atoms with E-state index in [2.05, 4.69) is 4.98 Å². The van der Waals surface area contributed by atoms with Gasteiger partial charge in [-0.25, -0.2) is 4.98 Å². The van der Waals surface area contributed by atoms with Crippen molar-refractivity contribution >= 4 is 22.7 Å². The first kappa shape index (κ1) is 11.3. The van der Waals surface area contributed by atoms with Crippen molar-refractivity contribution in [2.75, 3.05) is 0 Å². The number of oxazole rings is 1. The molecule has 0 bridgehead atoms. The first-order chi connectivity index (χ1) is 8.72. The number of halogens is 1. The van der Waals surface area contributed by atoms with Crippen LogP contribution in [0.1, 0.15) is 17.0 Å². The zero-order valence-electron chi connectivity index (χ0n) is 9.98. The fourth-order valence-corrected chi connectivity index (χ4v) is 2.11. The van der Waals surface area contributed by atoms with E-state index in [9.17, 15) is 0 Å². The monoisotopic (exact) mass is 257 g/mol. The summed E-state index contributed by atoms with van der Waals surface area (Å²) in [5.41, 5.74) is 4.07. The van der Waals surface area contributed by atoms with Gasteiger partial charge in [-0.1, -0.05) is 35.9 Å². The molecule has 0 fully saturated rings. The van der Waals surface area contributed by atoms with Gasteiger partial charge in [0, 0.05) is 11.4 Å². The number of rotatable bonds is 2. The van der Waals surface area contributed by atoms with Gasteiger partial charge in [-0.2, -0.15) is 0 Å². The number of para-hydroxylation sites is 1. The van der Waals surface area contributed by atoms with Gasteiger partial charge in [0.2, 0.25) is 0 Å². The molecule has 3 aromatic rings. The smallest absolute Gasteiger partial charge is 0.199 e. The Morgan fingerprint density at radius 1 is 1.11 bits per heavy atom. The van der Waals surface area contributed by atoms with E-state index in [4.69, 9.17) is 16.0 Å². The van der Waals surface area contributed by atoms with Crippen molar-refractivity contribution in [3.05, 3.63) is 64.5 Å². The van der Waals surface area contributed by atoms with Crippen molar-refractivity contribution < 1.29 is 4.42 Å². The van der Waals surface area contributed by atoms with Crippen LogP contribution in [0.4, 0.5) is 0 Å². The molecule has 0 saturated carbocycles. The molecule has 0 amide bonds. The molecular formula is C15H12ClNO. The quantitative estimate of drug-likeness (QED) is 0.681. The van der Waals surface area contributed by atoms with E-state index in [0.717, 1.165) is 33.1 Å². The number of hydrogen-bond acceptors (Lipinski definition) is 2. The Morgan fingerprint density at radius 3 is 2.61 bits per heavy atom. The summed E-state index contributed by atoms with van der Waals surface area (Å²) in [6.07, 6.45) is 0.686. The van der Waals surface area contributed by atoms with Crippen LogP contribution >= 0.6 is 11.6 Å². The van der Waals surface area contributed by atoms with Crippen LogP contribution in [0.5, 0.6) is 0 Å². The molecule has 0 unspecified atom stereocenters. The third kappa shape index (κ3) is 2.12. The summed E-state index contributed by atoms with van der Waals surface area (Å²) in [6.45, 7) is 2.04. The third-order valence-electron chi connectivity index (χ3n) is 2.93. The van der Waals surface area contributed by atoms with Gasteiger partial charge in [-0.15, -0.1) is 0 Å². The summed E-state index contributed by atoms with van der Waals surface area (Å²) in [5, 5.41) is 0.743. The maximum absolute atomic E-state index is 5.86. The molecule has 0 spiro atoms. The van der Waals surface area contributed by atoms with Gasteiger partial charge in [0.05, 0.1) is 0 Å². The van der Waals surface area contributed by atoms with E-state index >= 15 is 0 Å². The topological polar surface area (TPSA) is 26.0 Å². The van der Waals surface area contributed by atoms with Crippen LogP contribution in [0.15, 0.2) is 46.9 Å². The van der Waals surface area contributed by atoms with Crippen LogP contribution in [0.3, 0.4) is 0 Å². The van der Waals surface area contributed by atoms with Crippen molar-refractivity contribution in [1.29, 1.82) is 0 Å². The van der Waals surface area contributed by atoms with E-state index < -0.39 is 0 Å². The summed E-state index contributed by atoms with van der Waals surface area (Å²) in [6, 6.07) is 13.7. The summed E-state index contributed by atoms with van der Waals surface area (Å²) in [4.78, 5) is 4.53. The van der Waals surface area contributed by atoms with Crippen LogP contribution in [0, 0.1) is 6.92 Å². The first-order valence-corrected chi connectivity index (χ1v) is 6.19. The lowest BCUT2D eigenvalue weighted by Gasteiger charge is -1.96. The fraction of sp³-hybridized carbons (Fsp3) is 0.133. The molecule has 3 rings (SSSR count). The molecule has 1 aromatic heterocycles. The minimum Gasteiger partial charge on any atom is -0.440 e. The highest BCUT2D eigenvalue weighted by Crippen LogP contribution is 2.21. The van der Waals surface area contributed by atoms with Crippen LogP contribution < -0.4 is 0 Å². The van der Waals surface area contributed by atoms with Crippen molar-refractivity contribution in [1.82, 2.24) is 4.98 Å². The highest BCUT2D eigenvalue weighted by molar-refractivity contribution is 6.30. The third-order valence-corrected chi connectivity index (χ3v) is 3.19. The largest absolute Gasteiger partial charge is 0.440 e. The zero-order chi connectivity index (χ0) is 12.5. The van der Waals surface area contributed by atoms with Crippen LogP contribution in [0.2, 0.25) is 5.02 Å². The Labute approximate surface area is 110 Å². The number of hydrogen-bond donors (Lipinski definition) is 0. The van der Waals surface area contributed by atoms with Gasteiger partial charge >= 0.3 is 0 Å². The minimum atomic E-state index is 0.686. The molecule has 0 aliphatic carbocycles. The van der Waals surface area contributed by atoms with Gasteiger partial charge in [0.25, 0.3) is 0 Å². The molecule has 1 heterocycles. The van der Waals surface area contributed by atoms with E-state index in [1.54, 1.807) is 0 Å². The molecule has 0 saturated heterocycles. The second kappa shape index (κ2) is 4.46. The number of aryl methyl sites for hydroxylation is 1. The van der Waals surface area contributed by atoms with Crippen LogP contribution in [-0.4, -0.2) is 4.98 Å². The van der Waals surface area contributed by atoms with Gasteiger partial charge in [0.15, 0.2) is 11.5 Å². The molecular weight excluding hydrogens is 246 g/mol. The SMILES string of the molecule is Cc1cccc2oc(Cc3ccc(Cl)cc3)nc12. The molecule has 0 N–H and O–H groups in total. The first-order valence-electron chi connectivity index (χ1n) is 5.82. The van der Waals surface area contributed by atoms with Gasteiger partial charge < -0.3 is 4.42 Å². The molecule has 90 valence electrons. The van der Waals surface area contributed by atoms with Gasteiger partial charge in [-0.05, 0) is 36.2 Å². The van der Waals surface area contributed by atoms with Crippen LogP contribution in [0.25, 0.3) is 11.1 Å². The maximum Gasteiger partial charge on any atom is 0.199 e. The molecule has 3 heteroatoms. The lowest BCUT2D eigenvalue weighted by Crippen LogP contribution is -1.87. The second-order valence-corrected chi connectivity index (χ2v) is 4.77. The lowest BCUT2D eigenvalue weighted by atomic mass is 10.1. The van der Waals surface area contributed by atoms with Gasteiger partial charge in [-0.3, -0.25) is 0 Å². The normalized spacial score (nSPS) is 11.0. The summed E-state index contributed by atoms with van der Waals surface area (Å²) < 4.78 is 5.74. The average molecular weight is 258 g/mol. The summed E-state index contributed by atoms with van der Waals surface area (Å²) in [5.74, 6) is 0.738. The number of fused-ring (bicyclic) bond motifs is 1. The van der Waals surface area contributed by atoms with E-state index in [-0.39, 0.29) is 0 Å². The average Bonchev–Trinajstić information content (AvgIpc) is 2.76. The number of nitrogens with zero attached hydrogens (tertiary/aromatic N) is 1. The molecule has 0 radical (unpaired) electrons. The lowest BCUT2D eigenvalue weighted by molar-refractivity contribution is 0.544. The fourth-order valence-electron chi connectivity index (χ4n) is 1.98. The van der Waals surface area contributed by atoms with Crippen molar-refractivity contribution in [2.45, 2.75) is 13.3 Å². The standard InChI is InChI=1S/C15H12ClNO/c1-10-3-2-4-13-15(10)17-14(18-13)9-11-5-7-12(16)8-6-11/h2-8H,9H2,1H3. The molecule has 0 atom stereocenters. The maximum atomic E-state index is 5.86. The molecule has 0 aliphatic rings. The van der Waals surface area contributed by atoms with Gasteiger partial charge in [0.1, 0.15) is 5.52 Å². The van der Waals surface area contributed by atoms with Crippen LogP contribution in [-0.2, 0) is 6.42 Å². The summed E-state index contributed by atoms with van der Waals surface area (Å²) >= 11 is 5.86. The zero-order valence-corrected chi connectivity index (χ0v) is 10.7. The molecule has 2 nitrogen and oxygen atoms in total. The molecule has 2 aromatic carbocycles. The minimum absolute atomic E-state index is 0.686. The van der Waals surface area contributed by atoms with Crippen molar-refractivity contribution in [3.63, 3.8) is 0 Å². The molecule has 0 aliphatic heterocycles. The van der Waals surface area contributed by atoms with E-state index in [0.29, 0.717) is 6.42 Å². The summed E-state index contributed by atoms with van der Waals surface area (Å²) in [7, 11) is 0. The van der Waals surface area contributed by atoms with E-state index in [1.807, 2.05) is 49.4 Å².